The van der Waals surface area contributed by atoms with Crippen molar-refractivity contribution in [1.29, 1.82) is 0 Å². The Kier molecular flexibility index (Phi) is 4.70. The number of nitrogens with one attached hydrogen (secondary N) is 1. The molecule has 1 aromatic carbocycles. The second kappa shape index (κ2) is 6.11. The van der Waals surface area contributed by atoms with Crippen molar-refractivity contribution in [2.24, 2.45) is 0 Å². The highest BCUT2D eigenvalue weighted by Gasteiger charge is 2.21. The Morgan fingerprint density at radius 1 is 1.32 bits per heavy atom. The van der Waals surface area contributed by atoms with Crippen molar-refractivity contribution in [3.05, 3.63) is 18.2 Å². The molecular formula is C12H16BrNO4S. The number of benzene rings is 1. The first-order valence-electron chi connectivity index (χ1n) is 6.04. The van der Waals surface area contributed by atoms with Crippen LogP contribution in [-0.2, 0) is 10.0 Å². The zero-order valence-electron chi connectivity index (χ0n) is 10.6. The molecule has 0 aliphatic carbocycles. The molecule has 0 bridgehead atoms. The predicted molar refractivity (Wildman–Crippen MR) is 75.6 cm³/mol. The lowest BCUT2D eigenvalue weighted by Gasteiger charge is -2.19. The smallest absolute Gasteiger partial charge is 0.240 e. The van der Waals surface area contributed by atoms with E-state index in [1.807, 2.05) is 6.92 Å². The molecule has 1 N–H and O–H groups in total. The monoisotopic (exact) mass is 349 g/mol. The first-order valence-corrected chi connectivity index (χ1v) is 8.65. The fraction of sp³-hybridized carbons (Fsp3) is 0.500. The Labute approximate surface area is 121 Å². The van der Waals surface area contributed by atoms with Gasteiger partial charge in [0.1, 0.15) is 13.2 Å². The zero-order valence-corrected chi connectivity index (χ0v) is 13.0. The quantitative estimate of drug-likeness (QED) is 0.824. The van der Waals surface area contributed by atoms with E-state index >= 15 is 0 Å². The Hall–Kier alpha value is -0.790. The van der Waals surface area contributed by atoms with E-state index in [0.29, 0.717) is 30.0 Å². The van der Waals surface area contributed by atoms with Gasteiger partial charge in [-0.15, -0.1) is 0 Å². The van der Waals surface area contributed by atoms with Crippen molar-refractivity contribution in [2.45, 2.75) is 24.3 Å². The molecule has 0 amide bonds. The molecule has 1 aliphatic rings. The molecule has 0 fully saturated rings. The van der Waals surface area contributed by atoms with E-state index in [1.54, 1.807) is 6.07 Å². The number of hydrogen-bond acceptors (Lipinski definition) is 4. The summed E-state index contributed by atoms with van der Waals surface area (Å²) >= 11 is 3.29. The highest BCUT2D eigenvalue weighted by molar-refractivity contribution is 9.09. The fourth-order valence-electron chi connectivity index (χ4n) is 1.70. The molecule has 0 spiro atoms. The molecule has 1 aromatic rings. The average Bonchev–Trinajstić information content (AvgIpc) is 2.44. The van der Waals surface area contributed by atoms with Gasteiger partial charge in [0.2, 0.25) is 10.0 Å². The van der Waals surface area contributed by atoms with Gasteiger partial charge >= 0.3 is 0 Å². The second-order valence-corrected chi connectivity index (χ2v) is 6.55. The average molecular weight is 350 g/mol. The van der Waals surface area contributed by atoms with Crippen molar-refractivity contribution in [3.8, 4) is 11.5 Å². The summed E-state index contributed by atoms with van der Waals surface area (Å²) in [6.45, 7) is 2.85. The number of fused-ring (bicyclic) bond motifs is 1. The van der Waals surface area contributed by atoms with Crippen LogP contribution in [-0.4, -0.2) is 33.0 Å². The Morgan fingerprint density at radius 2 is 2.00 bits per heavy atom. The number of sulfonamides is 1. The highest BCUT2D eigenvalue weighted by atomic mass is 79.9. The SMILES string of the molecule is CCC(CBr)NS(=O)(=O)c1ccc2c(c1)OCCO2. The minimum Gasteiger partial charge on any atom is -0.486 e. The van der Waals surface area contributed by atoms with Gasteiger partial charge in [0.25, 0.3) is 0 Å². The minimum absolute atomic E-state index is 0.127. The maximum Gasteiger partial charge on any atom is 0.240 e. The molecule has 1 heterocycles. The number of ether oxygens (including phenoxy) is 2. The van der Waals surface area contributed by atoms with Gasteiger partial charge in [-0.2, -0.15) is 0 Å². The molecule has 2 rings (SSSR count). The number of halogens is 1. The van der Waals surface area contributed by atoms with Crippen LogP contribution >= 0.6 is 15.9 Å². The summed E-state index contributed by atoms with van der Waals surface area (Å²) in [5, 5.41) is 0.577. The van der Waals surface area contributed by atoms with Gasteiger partial charge in [-0.3, -0.25) is 0 Å². The molecule has 7 heteroatoms. The van der Waals surface area contributed by atoms with E-state index in [9.17, 15) is 8.42 Å². The van der Waals surface area contributed by atoms with Crippen molar-refractivity contribution >= 4 is 26.0 Å². The number of rotatable bonds is 5. The molecule has 0 aromatic heterocycles. The van der Waals surface area contributed by atoms with Crippen LogP contribution in [0.4, 0.5) is 0 Å². The maximum absolute atomic E-state index is 12.2. The van der Waals surface area contributed by atoms with Crippen LogP contribution in [0, 0.1) is 0 Å². The van der Waals surface area contributed by atoms with E-state index in [-0.39, 0.29) is 10.9 Å². The van der Waals surface area contributed by atoms with Crippen molar-refractivity contribution in [1.82, 2.24) is 4.72 Å². The van der Waals surface area contributed by atoms with Crippen LogP contribution < -0.4 is 14.2 Å². The molecule has 0 saturated carbocycles. The van der Waals surface area contributed by atoms with E-state index < -0.39 is 10.0 Å². The van der Waals surface area contributed by atoms with Crippen LogP contribution in [0.1, 0.15) is 13.3 Å². The lowest BCUT2D eigenvalue weighted by molar-refractivity contribution is 0.171. The summed E-state index contributed by atoms with van der Waals surface area (Å²) < 4.78 is 37.8. The third kappa shape index (κ3) is 3.40. The summed E-state index contributed by atoms with van der Waals surface area (Å²) in [7, 11) is -3.53. The van der Waals surface area contributed by atoms with Gasteiger partial charge in [-0.05, 0) is 18.6 Å². The minimum atomic E-state index is -3.53. The van der Waals surface area contributed by atoms with Gasteiger partial charge in [0.05, 0.1) is 4.90 Å². The Morgan fingerprint density at radius 3 is 2.63 bits per heavy atom. The summed E-state index contributed by atoms with van der Waals surface area (Å²) in [5.41, 5.74) is 0. The topological polar surface area (TPSA) is 64.6 Å². The molecule has 0 radical (unpaired) electrons. The molecule has 1 aliphatic heterocycles. The van der Waals surface area contributed by atoms with Gasteiger partial charge < -0.3 is 9.47 Å². The summed E-state index contributed by atoms with van der Waals surface area (Å²) in [6, 6.07) is 4.52. The van der Waals surface area contributed by atoms with Crippen LogP contribution in [0.15, 0.2) is 23.1 Å². The molecule has 5 nitrogen and oxygen atoms in total. The van der Waals surface area contributed by atoms with Gasteiger partial charge in [0.15, 0.2) is 11.5 Å². The molecular weight excluding hydrogens is 334 g/mol. The van der Waals surface area contributed by atoms with Gasteiger partial charge in [-0.25, -0.2) is 13.1 Å². The highest BCUT2D eigenvalue weighted by Crippen LogP contribution is 2.32. The van der Waals surface area contributed by atoms with Crippen LogP contribution in [0.2, 0.25) is 0 Å². The summed E-state index contributed by atoms with van der Waals surface area (Å²) in [4.78, 5) is 0.191. The van der Waals surface area contributed by atoms with Crippen molar-refractivity contribution in [2.75, 3.05) is 18.5 Å². The summed E-state index contributed by atoms with van der Waals surface area (Å²) in [5.74, 6) is 1.05. The largest absolute Gasteiger partial charge is 0.486 e. The molecule has 106 valence electrons. The fourth-order valence-corrected chi connectivity index (χ4v) is 3.87. The van der Waals surface area contributed by atoms with Crippen molar-refractivity contribution < 1.29 is 17.9 Å². The number of hydrogen-bond donors (Lipinski definition) is 1. The van der Waals surface area contributed by atoms with Crippen LogP contribution in [0.3, 0.4) is 0 Å². The molecule has 0 saturated heterocycles. The van der Waals surface area contributed by atoms with E-state index in [4.69, 9.17) is 9.47 Å². The zero-order chi connectivity index (χ0) is 13.9. The predicted octanol–water partition coefficient (Wildman–Crippen LogP) is 1.91. The third-order valence-electron chi connectivity index (χ3n) is 2.82. The second-order valence-electron chi connectivity index (χ2n) is 4.19. The standard InChI is InChI=1S/C12H16BrNO4S/c1-2-9(8-13)14-19(15,16)10-3-4-11-12(7-10)18-6-5-17-11/h3-4,7,9,14H,2,5-6,8H2,1H3. The third-order valence-corrected chi connectivity index (χ3v) is 5.12. The lowest BCUT2D eigenvalue weighted by atomic mass is 10.3. The molecule has 19 heavy (non-hydrogen) atoms. The first kappa shape index (κ1) is 14.6. The normalized spacial score (nSPS) is 16.1. The van der Waals surface area contributed by atoms with Crippen LogP contribution in [0.25, 0.3) is 0 Å². The lowest BCUT2D eigenvalue weighted by Crippen LogP contribution is -2.35. The van der Waals surface area contributed by atoms with Crippen molar-refractivity contribution in [3.63, 3.8) is 0 Å². The molecule has 1 unspecified atom stereocenters. The van der Waals surface area contributed by atoms with Gasteiger partial charge in [0, 0.05) is 17.4 Å². The Bertz CT molecular complexity index is 543. The van der Waals surface area contributed by atoms with Crippen LogP contribution in [0.5, 0.6) is 11.5 Å². The molecule has 1 atom stereocenters. The Balaban J connectivity index is 2.25. The van der Waals surface area contributed by atoms with E-state index in [1.165, 1.54) is 12.1 Å². The van der Waals surface area contributed by atoms with E-state index in [0.717, 1.165) is 6.42 Å². The summed E-state index contributed by atoms with van der Waals surface area (Å²) in [6.07, 6.45) is 0.717. The first-order chi connectivity index (χ1) is 9.06. The maximum atomic E-state index is 12.2. The number of alkyl halides is 1. The van der Waals surface area contributed by atoms with E-state index in [2.05, 4.69) is 20.7 Å². The van der Waals surface area contributed by atoms with Gasteiger partial charge in [-0.1, -0.05) is 22.9 Å².